The van der Waals surface area contributed by atoms with Gasteiger partial charge in [-0.3, -0.25) is 4.79 Å². The molecule has 0 fully saturated rings. The minimum absolute atomic E-state index is 0.0716. The minimum atomic E-state index is -0.0716. The lowest BCUT2D eigenvalue weighted by Crippen LogP contribution is -2.06. The number of rotatable bonds is 9. The van der Waals surface area contributed by atoms with Gasteiger partial charge in [-0.15, -0.1) is 0 Å². The third kappa shape index (κ3) is 7.49. The Morgan fingerprint density at radius 2 is 2.11 bits per heavy atom. The molecule has 0 radical (unpaired) electrons. The smallest absolute Gasteiger partial charge is 0.310 e. The highest BCUT2D eigenvalue weighted by Crippen LogP contribution is 2.19. The second kappa shape index (κ2) is 10.1. The van der Waals surface area contributed by atoms with Gasteiger partial charge in [-0.1, -0.05) is 13.3 Å². The molecule has 0 aromatic carbocycles. The molecule has 0 unspecified atom stereocenters. The Hall–Kier alpha value is -0.830. The second-order valence-electron chi connectivity index (χ2n) is 4.81. The molecule has 3 heteroatoms. The molecule has 0 saturated carbocycles. The SMILES string of the molecule is CCCOCCCCCC(=O)OC1=CCCCC1. The molecule has 0 spiro atoms. The van der Waals surface area contributed by atoms with Crippen LogP contribution in [0.15, 0.2) is 11.8 Å². The summed E-state index contributed by atoms with van der Waals surface area (Å²) in [4.78, 5) is 11.6. The number of ether oxygens (including phenoxy) is 2. The second-order valence-corrected chi connectivity index (χ2v) is 4.81. The van der Waals surface area contributed by atoms with E-state index in [1.165, 1.54) is 6.42 Å². The third-order valence-electron chi connectivity index (χ3n) is 3.01. The van der Waals surface area contributed by atoms with E-state index in [9.17, 15) is 4.79 Å². The summed E-state index contributed by atoms with van der Waals surface area (Å²) in [5.41, 5.74) is 0. The van der Waals surface area contributed by atoms with E-state index in [0.29, 0.717) is 6.42 Å². The number of esters is 1. The van der Waals surface area contributed by atoms with Crippen molar-refractivity contribution in [1.82, 2.24) is 0 Å². The number of hydrogen-bond donors (Lipinski definition) is 0. The molecule has 0 atom stereocenters. The Morgan fingerprint density at radius 3 is 2.83 bits per heavy atom. The van der Waals surface area contributed by atoms with Crippen molar-refractivity contribution in [2.45, 2.75) is 64.7 Å². The van der Waals surface area contributed by atoms with Crippen LogP contribution in [0, 0.1) is 0 Å². The molecule has 0 bridgehead atoms. The molecule has 0 heterocycles. The van der Waals surface area contributed by atoms with Gasteiger partial charge in [-0.2, -0.15) is 0 Å². The fourth-order valence-electron chi connectivity index (χ4n) is 2.00. The standard InChI is InChI=1S/C15H26O3/c1-2-12-17-13-8-4-7-11-15(16)18-14-9-5-3-6-10-14/h9H,2-8,10-13H2,1H3. The van der Waals surface area contributed by atoms with Crippen molar-refractivity contribution in [3.63, 3.8) is 0 Å². The van der Waals surface area contributed by atoms with Crippen LogP contribution >= 0.6 is 0 Å². The van der Waals surface area contributed by atoms with Crippen LogP contribution in [0.1, 0.15) is 64.7 Å². The first-order chi connectivity index (χ1) is 8.83. The van der Waals surface area contributed by atoms with Gasteiger partial charge in [0.15, 0.2) is 0 Å². The highest BCUT2D eigenvalue weighted by molar-refractivity contribution is 5.70. The molecule has 0 amide bonds. The van der Waals surface area contributed by atoms with Gasteiger partial charge >= 0.3 is 5.97 Å². The molecule has 1 aliphatic rings. The van der Waals surface area contributed by atoms with E-state index < -0.39 is 0 Å². The van der Waals surface area contributed by atoms with Crippen LogP contribution in [-0.4, -0.2) is 19.2 Å². The molecule has 1 aliphatic carbocycles. The van der Waals surface area contributed by atoms with Crippen molar-refractivity contribution >= 4 is 5.97 Å². The average molecular weight is 254 g/mol. The zero-order valence-corrected chi connectivity index (χ0v) is 11.6. The van der Waals surface area contributed by atoms with Crippen molar-refractivity contribution in [2.24, 2.45) is 0 Å². The van der Waals surface area contributed by atoms with Crippen LogP contribution < -0.4 is 0 Å². The van der Waals surface area contributed by atoms with Crippen LogP contribution in [0.2, 0.25) is 0 Å². The summed E-state index contributed by atoms with van der Waals surface area (Å²) >= 11 is 0. The summed E-state index contributed by atoms with van der Waals surface area (Å²) in [5.74, 6) is 0.815. The van der Waals surface area contributed by atoms with Gasteiger partial charge in [-0.25, -0.2) is 0 Å². The summed E-state index contributed by atoms with van der Waals surface area (Å²) in [7, 11) is 0. The maximum Gasteiger partial charge on any atom is 0.310 e. The maximum atomic E-state index is 11.6. The molecule has 1 rings (SSSR count). The molecular formula is C15H26O3. The van der Waals surface area contributed by atoms with Crippen LogP contribution in [0.5, 0.6) is 0 Å². The van der Waals surface area contributed by atoms with Crippen molar-refractivity contribution in [3.05, 3.63) is 11.8 Å². The van der Waals surface area contributed by atoms with E-state index in [4.69, 9.17) is 9.47 Å². The first-order valence-corrected chi connectivity index (χ1v) is 7.30. The van der Waals surface area contributed by atoms with Crippen LogP contribution in [0.25, 0.3) is 0 Å². The van der Waals surface area contributed by atoms with Crippen molar-refractivity contribution in [2.75, 3.05) is 13.2 Å². The molecule has 104 valence electrons. The van der Waals surface area contributed by atoms with E-state index in [1.54, 1.807) is 0 Å². The van der Waals surface area contributed by atoms with Crippen LogP contribution in [0.3, 0.4) is 0 Å². The molecule has 0 aliphatic heterocycles. The quantitative estimate of drug-likeness (QED) is 0.461. The Bertz CT molecular complexity index is 258. The number of carbonyl (C=O) groups is 1. The summed E-state index contributed by atoms with van der Waals surface area (Å²) in [6.07, 6.45) is 11.0. The number of unbranched alkanes of at least 4 members (excludes halogenated alkanes) is 2. The van der Waals surface area contributed by atoms with Gasteiger partial charge in [0, 0.05) is 26.1 Å². The largest absolute Gasteiger partial charge is 0.431 e. The Balaban J connectivity index is 1.95. The van der Waals surface area contributed by atoms with Gasteiger partial charge in [0.25, 0.3) is 0 Å². The fraction of sp³-hybridized carbons (Fsp3) is 0.800. The third-order valence-corrected chi connectivity index (χ3v) is 3.01. The number of carbonyl (C=O) groups excluding carboxylic acids is 1. The van der Waals surface area contributed by atoms with Crippen molar-refractivity contribution < 1.29 is 14.3 Å². The number of hydrogen-bond acceptors (Lipinski definition) is 3. The Labute approximate surface area is 111 Å². The van der Waals surface area contributed by atoms with Gasteiger partial charge in [0.05, 0.1) is 0 Å². The lowest BCUT2D eigenvalue weighted by molar-refractivity contribution is -0.140. The first kappa shape index (κ1) is 15.2. The molecular weight excluding hydrogens is 228 g/mol. The molecule has 0 saturated heterocycles. The maximum absolute atomic E-state index is 11.6. The highest BCUT2D eigenvalue weighted by atomic mass is 16.5. The molecule has 0 aromatic heterocycles. The molecule has 0 aromatic rings. The molecule has 3 nitrogen and oxygen atoms in total. The van der Waals surface area contributed by atoms with E-state index in [0.717, 1.165) is 63.9 Å². The zero-order valence-electron chi connectivity index (χ0n) is 11.6. The summed E-state index contributed by atoms with van der Waals surface area (Å²) in [6, 6.07) is 0. The topological polar surface area (TPSA) is 35.5 Å². The van der Waals surface area contributed by atoms with Crippen molar-refractivity contribution in [1.29, 1.82) is 0 Å². The molecule has 0 N–H and O–H groups in total. The predicted octanol–water partition coefficient (Wildman–Crippen LogP) is 3.97. The fourth-order valence-corrected chi connectivity index (χ4v) is 2.00. The van der Waals surface area contributed by atoms with E-state index >= 15 is 0 Å². The summed E-state index contributed by atoms with van der Waals surface area (Å²) in [5, 5.41) is 0. The minimum Gasteiger partial charge on any atom is -0.431 e. The predicted molar refractivity (Wildman–Crippen MR) is 72.2 cm³/mol. The average Bonchev–Trinajstić information content (AvgIpc) is 2.39. The lowest BCUT2D eigenvalue weighted by atomic mass is 10.1. The van der Waals surface area contributed by atoms with Crippen LogP contribution in [0.4, 0.5) is 0 Å². The summed E-state index contributed by atoms with van der Waals surface area (Å²) in [6.45, 7) is 3.76. The first-order valence-electron chi connectivity index (χ1n) is 7.30. The Morgan fingerprint density at radius 1 is 1.22 bits per heavy atom. The van der Waals surface area contributed by atoms with E-state index in [2.05, 4.69) is 13.0 Å². The van der Waals surface area contributed by atoms with E-state index in [1.807, 2.05) is 0 Å². The van der Waals surface area contributed by atoms with Gasteiger partial charge in [0.1, 0.15) is 5.76 Å². The monoisotopic (exact) mass is 254 g/mol. The van der Waals surface area contributed by atoms with E-state index in [-0.39, 0.29) is 5.97 Å². The highest BCUT2D eigenvalue weighted by Gasteiger charge is 2.09. The zero-order chi connectivity index (χ0) is 13.1. The van der Waals surface area contributed by atoms with Crippen LogP contribution in [-0.2, 0) is 14.3 Å². The normalized spacial score (nSPS) is 15.3. The lowest BCUT2D eigenvalue weighted by Gasteiger charge is -2.12. The van der Waals surface area contributed by atoms with Crippen molar-refractivity contribution in [3.8, 4) is 0 Å². The Kier molecular flexibility index (Phi) is 8.57. The molecule has 18 heavy (non-hydrogen) atoms. The van der Waals surface area contributed by atoms with Gasteiger partial charge in [0.2, 0.25) is 0 Å². The number of allylic oxidation sites excluding steroid dienone is 2. The van der Waals surface area contributed by atoms with Gasteiger partial charge < -0.3 is 9.47 Å². The van der Waals surface area contributed by atoms with Gasteiger partial charge in [-0.05, 0) is 44.6 Å². The summed E-state index contributed by atoms with van der Waals surface area (Å²) < 4.78 is 10.7.